The van der Waals surface area contributed by atoms with Gasteiger partial charge in [0.15, 0.2) is 0 Å². The molecule has 0 aromatic carbocycles. The fraction of sp³-hybridized carbons (Fsp3) is 1.00. The predicted octanol–water partition coefficient (Wildman–Crippen LogP) is 6.79. The zero-order chi connectivity index (χ0) is 13.7. The van der Waals surface area contributed by atoms with E-state index in [1.165, 1.54) is 38.5 Å². The highest BCUT2D eigenvalue weighted by Gasteiger charge is 2.25. The van der Waals surface area contributed by atoms with Gasteiger partial charge in [0.1, 0.15) is 0 Å². The Morgan fingerprint density at radius 3 is 1.05 bits per heavy atom. The molecule has 0 aliphatic heterocycles. The minimum Gasteiger partial charge on any atom is -0.0776 e. The molecule has 0 amide bonds. The quantitative estimate of drug-likeness (QED) is 0.517. The molecule has 4 atom stereocenters. The van der Waals surface area contributed by atoms with E-state index in [0.717, 1.165) is 35.5 Å². The number of hydrogen-bond acceptors (Lipinski definition) is 0. The van der Waals surface area contributed by atoms with Crippen LogP contribution >= 0.6 is 0 Å². The summed E-state index contributed by atoms with van der Waals surface area (Å²) < 4.78 is 0. The van der Waals surface area contributed by atoms with Crippen LogP contribution in [0.5, 0.6) is 0 Å². The first-order valence-corrected chi connectivity index (χ1v) is 8.43. The second kappa shape index (κ2) is 9.03. The molecule has 2 fully saturated rings. The van der Waals surface area contributed by atoms with E-state index in [0.29, 0.717) is 0 Å². The predicted molar refractivity (Wildman–Crippen MR) is 89.4 cm³/mol. The van der Waals surface area contributed by atoms with Crippen LogP contribution in [0.3, 0.4) is 0 Å². The summed E-state index contributed by atoms with van der Waals surface area (Å²) in [6.07, 6.45) is 8.87. The van der Waals surface area contributed by atoms with Gasteiger partial charge >= 0.3 is 0 Å². The Morgan fingerprint density at radius 2 is 0.947 bits per heavy atom. The van der Waals surface area contributed by atoms with E-state index >= 15 is 0 Å². The van der Waals surface area contributed by atoms with Crippen LogP contribution in [-0.2, 0) is 0 Å². The van der Waals surface area contributed by atoms with Crippen LogP contribution in [0.1, 0.15) is 87.5 Å². The maximum atomic E-state index is 2.40. The Kier molecular flexibility index (Phi) is 9.03. The van der Waals surface area contributed by atoms with Crippen LogP contribution < -0.4 is 0 Å². The molecule has 0 heterocycles. The van der Waals surface area contributed by atoms with Crippen LogP contribution in [0.25, 0.3) is 0 Å². The molecule has 2 saturated carbocycles. The van der Waals surface area contributed by atoms with Gasteiger partial charge in [-0.15, -0.1) is 0 Å². The van der Waals surface area contributed by atoms with Gasteiger partial charge in [-0.3, -0.25) is 0 Å². The molecule has 0 aromatic rings. The Labute approximate surface area is 123 Å². The summed E-state index contributed by atoms with van der Waals surface area (Å²) in [6, 6.07) is 0. The minimum absolute atomic E-state index is 0. The fourth-order valence-corrected chi connectivity index (χ4v) is 4.33. The molecule has 2 rings (SSSR count). The molecule has 19 heavy (non-hydrogen) atoms. The third-order valence-electron chi connectivity index (χ3n) is 5.57. The van der Waals surface area contributed by atoms with Crippen molar-refractivity contribution < 1.29 is 0 Å². The molecule has 0 bridgehead atoms. The summed E-state index contributed by atoms with van der Waals surface area (Å²) in [5.41, 5.74) is 0. The molecule has 2 aliphatic rings. The van der Waals surface area contributed by atoms with E-state index in [2.05, 4.69) is 41.5 Å². The Balaban J connectivity index is 0.000000324. The molecular formula is C19H40. The monoisotopic (exact) mass is 268 g/mol. The van der Waals surface area contributed by atoms with E-state index in [4.69, 9.17) is 0 Å². The zero-order valence-corrected chi connectivity index (χ0v) is 13.7. The average molecular weight is 269 g/mol. The lowest BCUT2D eigenvalue weighted by Gasteiger charge is -2.18. The van der Waals surface area contributed by atoms with Crippen molar-refractivity contribution >= 4 is 0 Å². The highest BCUT2D eigenvalue weighted by molar-refractivity contribution is 4.76. The lowest BCUT2D eigenvalue weighted by Crippen LogP contribution is -2.10. The van der Waals surface area contributed by atoms with Crippen molar-refractivity contribution in [2.24, 2.45) is 35.5 Å². The first kappa shape index (κ1) is 19.0. The van der Waals surface area contributed by atoms with Crippen LogP contribution in [0.15, 0.2) is 0 Å². The molecule has 0 heteroatoms. The van der Waals surface area contributed by atoms with Crippen molar-refractivity contribution in [3.8, 4) is 0 Å². The molecular weight excluding hydrogens is 228 g/mol. The summed E-state index contributed by atoms with van der Waals surface area (Å²) in [4.78, 5) is 0. The van der Waals surface area contributed by atoms with Gasteiger partial charge in [0.2, 0.25) is 0 Å². The highest BCUT2D eigenvalue weighted by Crippen LogP contribution is 2.36. The molecule has 0 aromatic heterocycles. The van der Waals surface area contributed by atoms with Gasteiger partial charge < -0.3 is 0 Å². The first-order chi connectivity index (χ1) is 8.43. The summed E-state index contributed by atoms with van der Waals surface area (Å²) in [6.45, 7) is 14.2. The van der Waals surface area contributed by atoms with Crippen molar-refractivity contribution in [1.29, 1.82) is 0 Å². The van der Waals surface area contributed by atoms with E-state index in [9.17, 15) is 0 Å². The third-order valence-corrected chi connectivity index (χ3v) is 5.57. The van der Waals surface area contributed by atoms with Gasteiger partial charge in [-0.05, 0) is 48.3 Å². The molecule has 0 saturated heterocycles. The third kappa shape index (κ3) is 5.88. The van der Waals surface area contributed by atoms with Gasteiger partial charge in [0.05, 0.1) is 0 Å². The van der Waals surface area contributed by atoms with Crippen molar-refractivity contribution in [3.05, 3.63) is 0 Å². The standard InChI is InChI=1S/2C9H18.CH4/c2*1-7(2)9-6-4-5-8(9)3;/h2*7-9H,4-6H2,1-3H3;1H4. The van der Waals surface area contributed by atoms with E-state index in [-0.39, 0.29) is 7.43 Å². The smallest absolute Gasteiger partial charge is 0.0365 e. The zero-order valence-electron chi connectivity index (χ0n) is 13.7. The van der Waals surface area contributed by atoms with E-state index in [1.807, 2.05) is 0 Å². The summed E-state index contributed by atoms with van der Waals surface area (Å²) in [5, 5.41) is 0. The van der Waals surface area contributed by atoms with Crippen LogP contribution in [0.2, 0.25) is 0 Å². The van der Waals surface area contributed by atoms with Crippen molar-refractivity contribution in [2.75, 3.05) is 0 Å². The number of hydrogen-bond donors (Lipinski definition) is 0. The van der Waals surface area contributed by atoms with Crippen LogP contribution in [0.4, 0.5) is 0 Å². The fourth-order valence-electron chi connectivity index (χ4n) is 4.33. The maximum Gasteiger partial charge on any atom is -0.0365 e. The van der Waals surface area contributed by atoms with Crippen LogP contribution in [-0.4, -0.2) is 0 Å². The molecule has 0 nitrogen and oxygen atoms in total. The van der Waals surface area contributed by atoms with Gasteiger partial charge in [-0.1, -0.05) is 74.7 Å². The van der Waals surface area contributed by atoms with Crippen molar-refractivity contribution in [3.63, 3.8) is 0 Å². The topological polar surface area (TPSA) is 0 Å². The maximum absolute atomic E-state index is 2.40. The largest absolute Gasteiger partial charge is 0.0776 e. The van der Waals surface area contributed by atoms with E-state index in [1.54, 1.807) is 0 Å². The molecule has 4 unspecified atom stereocenters. The second-order valence-corrected chi connectivity index (χ2v) is 7.63. The Bertz CT molecular complexity index is 192. The summed E-state index contributed by atoms with van der Waals surface area (Å²) in [5.74, 6) is 5.91. The van der Waals surface area contributed by atoms with Crippen molar-refractivity contribution in [1.82, 2.24) is 0 Å². The SMILES string of the molecule is C.CC(C)C1CCCC1C.CC(C)C1CCCC1C. The average Bonchev–Trinajstić information content (AvgIpc) is 2.87. The minimum atomic E-state index is 0. The molecule has 0 spiro atoms. The highest BCUT2D eigenvalue weighted by atomic mass is 14.3. The molecule has 116 valence electrons. The lowest BCUT2D eigenvalue weighted by atomic mass is 9.87. The van der Waals surface area contributed by atoms with Gasteiger partial charge in [0.25, 0.3) is 0 Å². The molecule has 2 aliphatic carbocycles. The van der Waals surface area contributed by atoms with Crippen LogP contribution in [0, 0.1) is 35.5 Å². The first-order valence-electron chi connectivity index (χ1n) is 8.43. The normalized spacial score (nSPS) is 34.1. The summed E-state index contributed by atoms with van der Waals surface area (Å²) >= 11 is 0. The lowest BCUT2D eigenvalue weighted by molar-refractivity contribution is 0.314. The van der Waals surface area contributed by atoms with Gasteiger partial charge in [0, 0.05) is 0 Å². The van der Waals surface area contributed by atoms with E-state index < -0.39 is 0 Å². The van der Waals surface area contributed by atoms with Gasteiger partial charge in [-0.2, -0.15) is 0 Å². The second-order valence-electron chi connectivity index (χ2n) is 7.63. The Morgan fingerprint density at radius 1 is 0.632 bits per heavy atom. The molecule has 0 N–H and O–H groups in total. The van der Waals surface area contributed by atoms with Gasteiger partial charge in [-0.25, -0.2) is 0 Å². The summed E-state index contributed by atoms with van der Waals surface area (Å²) in [7, 11) is 0. The molecule has 0 radical (unpaired) electrons. The number of rotatable bonds is 2. The Hall–Kier alpha value is 0. The van der Waals surface area contributed by atoms with Crippen molar-refractivity contribution in [2.45, 2.75) is 87.5 Å².